The highest BCUT2D eigenvalue weighted by atomic mass is 19.4. The summed E-state index contributed by atoms with van der Waals surface area (Å²) in [6, 6.07) is 0.0305. The first-order chi connectivity index (χ1) is 15.2. The molecule has 1 aliphatic heterocycles. The van der Waals surface area contributed by atoms with Crippen molar-refractivity contribution in [2.24, 2.45) is 11.7 Å². The van der Waals surface area contributed by atoms with E-state index < -0.39 is 53.8 Å². The Morgan fingerprint density at radius 3 is 2.48 bits per heavy atom. The number of likely N-dealkylation sites (tertiary alicyclic amines) is 1. The van der Waals surface area contributed by atoms with E-state index in [-0.39, 0.29) is 31.0 Å². The van der Waals surface area contributed by atoms with E-state index in [4.69, 9.17) is 10.5 Å². The number of hydrogen-bond donors (Lipinski definition) is 3. The molecule has 2 atom stereocenters. The molecule has 1 fully saturated rings. The number of urea groups is 1. The van der Waals surface area contributed by atoms with Crippen LogP contribution in [0.1, 0.15) is 44.7 Å². The van der Waals surface area contributed by atoms with Crippen LogP contribution in [0.2, 0.25) is 0 Å². The molecule has 0 spiro atoms. The minimum absolute atomic E-state index is 0.0987. The molecule has 1 heterocycles. The second-order valence-corrected chi connectivity index (χ2v) is 8.90. The molecule has 0 radical (unpaired) electrons. The summed E-state index contributed by atoms with van der Waals surface area (Å²) in [5, 5.41) is 4.91. The Balaban J connectivity index is 2.12. The van der Waals surface area contributed by atoms with E-state index in [0.717, 1.165) is 0 Å². The van der Waals surface area contributed by atoms with Gasteiger partial charge >= 0.3 is 18.3 Å². The van der Waals surface area contributed by atoms with Crippen molar-refractivity contribution in [1.29, 1.82) is 0 Å². The van der Waals surface area contributed by atoms with Gasteiger partial charge in [0.05, 0.1) is 5.56 Å². The van der Waals surface area contributed by atoms with Crippen molar-refractivity contribution < 1.29 is 36.7 Å². The van der Waals surface area contributed by atoms with Crippen molar-refractivity contribution in [1.82, 2.24) is 15.5 Å². The normalized spacial score (nSPS) is 19.2. The van der Waals surface area contributed by atoms with Crippen molar-refractivity contribution in [2.75, 3.05) is 13.1 Å². The molecule has 33 heavy (non-hydrogen) atoms. The minimum Gasteiger partial charge on any atom is -0.444 e. The van der Waals surface area contributed by atoms with Crippen LogP contribution in [-0.2, 0) is 22.3 Å². The second-order valence-electron chi connectivity index (χ2n) is 8.90. The Morgan fingerprint density at radius 2 is 1.91 bits per heavy atom. The van der Waals surface area contributed by atoms with Gasteiger partial charge in [-0.15, -0.1) is 0 Å². The molecule has 1 aromatic carbocycles. The maximum Gasteiger partial charge on any atom is 0.416 e. The van der Waals surface area contributed by atoms with Crippen molar-refractivity contribution in [3.8, 4) is 0 Å². The highest BCUT2D eigenvalue weighted by Crippen LogP contribution is 2.31. The van der Waals surface area contributed by atoms with Gasteiger partial charge in [-0.2, -0.15) is 13.2 Å². The molecule has 4 N–H and O–H groups in total. The Morgan fingerprint density at radius 1 is 1.24 bits per heavy atom. The predicted octanol–water partition coefficient (Wildman–Crippen LogP) is 3.14. The highest BCUT2D eigenvalue weighted by Gasteiger charge is 2.36. The zero-order valence-electron chi connectivity index (χ0n) is 18.6. The number of nitrogens with zero attached hydrogens (tertiary/aromatic N) is 1. The van der Waals surface area contributed by atoms with Gasteiger partial charge in [-0.05, 0) is 57.7 Å². The quantitative estimate of drug-likeness (QED) is 0.548. The monoisotopic (exact) mass is 476 g/mol. The Hall–Kier alpha value is -3.05. The minimum atomic E-state index is -4.67. The Bertz CT molecular complexity index is 886. The fraction of sp³-hybridized carbons (Fsp3) is 0.571. The van der Waals surface area contributed by atoms with Crippen LogP contribution >= 0.6 is 0 Å². The smallest absolute Gasteiger partial charge is 0.416 e. The largest absolute Gasteiger partial charge is 0.444 e. The summed E-state index contributed by atoms with van der Waals surface area (Å²) in [7, 11) is 0. The number of amides is 4. The van der Waals surface area contributed by atoms with Crippen LogP contribution in [0, 0.1) is 11.7 Å². The molecule has 0 saturated carbocycles. The van der Waals surface area contributed by atoms with E-state index in [9.17, 15) is 31.9 Å². The van der Waals surface area contributed by atoms with E-state index in [2.05, 4.69) is 10.6 Å². The van der Waals surface area contributed by atoms with Gasteiger partial charge in [0.1, 0.15) is 17.5 Å². The number of carbonyl (C=O) groups excluding carboxylic acids is 3. The average Bonchev–Trinajstić information content (AvgIpc) is 2.64. The van der Waals surface area contributed by atoms with Gasteiger partial charge < -0.3 is 26.0 Å². The second kappa shape index (κ2) is 10.3. The number of ether oxygens (including phenoxy) is 1. The van der Waals surface area contributed by atoms with Crippen molar-refractivity contribution in [3.63, 3.8) is 0 Å². The molecular formula is C21H28F4N4O4. The SMILES string of the molecule is CC(C)(C)OC(=O)NCC[C@@H]1C[C@H](NC(N)=O)C(=O)N(Cc2cc(C(F)(F)F)ccc2F)C1. The number of primary amides is 1. The first-order valence-electron chi connectivity index (χ1n) is 10.3. The van der Waals surface area contributed by atoms with Crippen LogP contribution in [0.5, 0.6) is 0 Å². The molecule has 0 bridgehead atoms. The number of alkyl carbamates (subject to hydrolysis) is 1. The van der Waals surface area contributed by atoms with Crippen molar-refractivity contribution in [2.45, 2.75) is 58.0 Å². The molecule has 0 aromatic heterocycles. The van der Waals surface area contributed by atoms with E-state index in [0.29, 0.717) is 24.6 Å². The van der Waals surface area contributed by atoms with Crippen LogP contribution in [0.25, 0.3) is 0 Å². The number of hydrogen-bond acceptors (Lipinski definition) is 4. The number of rotatable bonds is 6. The van der Waals surface area contributed by atoms with Gasteiger partial charge in [-0.1, -0.05) is 0 Å². The van der Waals surface area contributed by atoms with Crippen LogP contribution in [0.15, 0.2) is 18.2 Å². The average molecular weight is 476 g/mol. The number of nitrogens with one attached hydrogen (secondary N) is 2. The third-order valence-corrected chi connectivity index (χ3v) is 4.93. The third kappa shape index (κ3) is 8.10. The maximum absolute atomic E-state index is 14.2. The first-order valence-corrected chi connectivity index (χ1v) is 10.3. The number of benzene rings is 1. The standard InChI is InChI=1S/C21H28F4N4O4/c1-20(2,3)33-19(32)27-7-6-12-8-16(28-18(26)31)17(30)29(10-12)11-13-9-14(21(23,24)25)4-5-15(13)22/h4-5,9,12,16H,6-8,10-11H2,1-3H3,(H,27,32)(H3,26,28,31)/t12-,16+/m1/s1. The van der Waals surface area contributed by atoms with Crippen LogP contribution < -0.4 is 16.4 Å². The lowest BCUT2D eigenvalue weighted by Gasteiger charge is -2.37. The van der Waals surface area contributed by atoms with Crippen LogP contribution in [0.4, 0.5) is 27.2 Å². The lowest BCUT2D eigenvalue weighted by atomic mass is 9.90. The number of nitrogens with two attached hydrogens (primary N) is 1. The van der Waals surface area contributed by atoms with Crippen LogP contribution in [0.3, 0.4) is 0 Å². The lowest BCUT2D eigenvalue weighted by Crippen LogP contribution is -2.56. The van der Waals surface area contributed by atoms with Crippen LogP contribution in [-0.4, -0.2) is 47.7 Å². The molecule has 12 heteroatoms. The number of halogens is 4. The number of piperidine rings is 1. The van der Waals surface area contributed by atoms with Gasteiger partial charge in [0.2, 0.25) is 5.91 Å². The summed E-state index contributed by atoms with van der Waals surface area (Å²) < 4.78 is 58.4. The summed E-state index contributed by atoms with van der Waals surface area (Å²) in [5.74, 6) is -1.71. The zero-order valence-corrected chi connectivity index (χ0v) is 18.6. The highest BCUT2D eigenvalue weighted by molar-refractivity contribution is 5.87. The van der Waals surface area contributed by atoms with E-state index in [1.54, 1.807) is 20.8 Å². The van der Waals surface area contributed by atoms with Gasteiger partial charge in [-0.3, -0.25) is 4.79 Å². The molecule has 8 nitrogen and oxygen atoms in total. The molecule has 4 amide bonds. The number of carbonyl (C=O) groups is 3. The summed E-state index contributed by atoms with van der Waals surface area (Å²) in [5.41, 5.74) is 3.13. The summed E-state index contributed by atoms with van der Waals surface area (Å²) in [6.45, 7) is 5.02. The van der Waals surface area contributed by atoms with E-state index in [1.807, 2.05) is 0 Å². The van der Waals surface area contributed by atoms with Gasteiger partial charge in [0.25, 0.3) is 0 Å². The molecule has 2 rings (SSSR count). The Kier molecular flexibility index (Phi) is 8.15. The molecule has 0 aliphatic carbocycles. The summed E-state index contributed by atoms with van der Waals surface area (Å²) in [4.78, 5) is 37.1. The first kappa shape index (κ1) is 26.2. The molecule has 1 aromatic rings. The van der Waals surface area contributed by atoms with Gasteiger partial charge in [-0.25, -0.2) is 14.0 Å². The fourth-order valence-electron chi connectivity index (χ4n) is 3.55. The number of alkyl halides is 3. The Labute approximate surface area is 188 Å². The van der Waals surface area contributed by atoms with Crippen molar-refractivity contribution in [3.05, 3.63) is 35.1 Å². The van der Waals surface area contributed by atoms with Gasteiger partial charge in [0, 0.05) is 25.2 Å². The maximum atomic E-state index is 14.2. The molecule has 1 aliphatic rings. The molecule has 184 valence electrons. The van der Waals surface area contributed by atoms with E-state index >= 15 is 0 Å². The predicted molar refractivity (Wildman–Crippen MR) is 110 cm³/mol. The topological polar surface area (TPSA) is 114 Å². The zero-order chi connectivity index (χ0) is 25.0. The fourth-order valence-corrected chi connectivity index (χ4v) is 3.55. The van der Waals surface area contributed by atoms with E-state index in [1.165, 1.54) is 4.90 Å². The molecule has 0 unspecified atom stereocenters. The lowest BCUT2D eigenvalue weighted by molar-refractivity contribution is -0.138. The molecular weight excluding hydrogens is 448 g/mol. The summed E-state index contributed by atoms with van der Waals surface area (Å²) >= 11 is 0. The summed E-state index contributed by atoms with van der Waals surface area (Å²) in [6.07, 6.45) is -4.70. The van der Waals surface area contributed by atoms with Gasteiger partial charge in [0.15, 0.2) is 0 Å². The third-order valence-electron chi connectivity index (χ3n) is 4.93. The van der Waals surface area contributed by atoms with Crippen molar-refractivity contribution >= 4 is 18.0 Å². The molecule has 1 saturated heterocycles.